The molecule has 1 atom stereocenters. The first-order chi connectivity index (χ1) is 8.70. The fraction of sp³-hybridized carbons (Fsp3) is 0.533. The number of hydrogen-bond acceptors (Lipinski definition) is 2. The second-order valence-electron chi connectivity index (χ2n) is 5.17. The highest BCUT2D eigenvalue weighted by Gasteiger charge is 2.19. The molecule has 2 rings (SSSR count). The molecule has 0 aromatic heterocycles. The van der Waals surface area contributed by atoms with Crippen molar-refractivity contribution in [3.05, 3.63) is 35.4 Å². The van der Waals surface area contributed by atoms with Crippen LogP contribution in [0.15, 0.2) is 24.3 Å². The Morgan fingerprint density at radius 3 is 2.94 bits per heavy atom. The van der Waals surface area contributed by atoms with Crippen LogP contribution in [0.1, 0.15) is 37.3 Å². The molecular weight excluding hydrogens is 240 g/mol. The molecule has 3 heteroatoms. The molecule has 18 heavy (non-hydrogen) atoms. The quantitative estimate of drug-likeness (QED) is 0.846. The fourth-order valence-electron chi connectivity index (χ4n) is 2.77. The van der Waals surface area contributed by atoms with E-state index in [-0.39, 0.29) is 0 Å². The minimum Gasteiger partial charge on any atom is -0.389 e. The van der Waals surface area contributed by atoms with Crippen molar-refractivity contribution in [3.8, 4) is 0 Å². The number of likely N-dealkylation sites (tertiary alicyclic amines) is 1. The standard InChI is InChI=1S/C15H22N2S/c1-2-12-6-5-9-17(10-12)11-13-7-3-4-8-14(13)15(16)18/h3-4,7-8,12H,2,5-6,9-11H2,1H3,(H2,16,18). The maximum absolute atomic E-state index is 5.79. The van der Waals surface area contributed by atoms with Crippen molar-refractivity contribution >= 4 is 17.2 Å². The molecule has 0 radical (unpaired) electrons. The van der Waals surface area contributed by atoms with Gasteiger partial charge in [-0.05, 0) is 30.9 Å². The maximum atomic E-state index is 5.79. The van der Waals surface area contributed by atoms with Crippen LogP contribution in [0.25, 0.3) is 0 Å². The normalized spacial score (nSPS) is 20.8. The molecule has 1 aliphatic heterocycles. The van der Waals surface area contributed by atoms with Gasteiger partial charge in [-0.15, -0.1) is 0 Å². The minimum absolute atomic E-state index is 0.509. The third kappa shape index (κ3) is 3.30. The monoisotopic (exact) mass is 262 g/mol. The van der Waals surface area contributed by atoms with Gasteiger partial charge in [-0.3, -0.25) is 4.90 Å². The summed E-state index contributed by atoms with van der Waals surface area (Å²) in [6, 6.07) is 8.24. The number of nitrogens with zero attached hydrogens (tertiary/aromatic N) is 1. The molecule has 1 heterocycles. The number of benzene rings is 1. The van der Waals surface area contributed by atoms with Crippen molar-refractivity contribution in [2.24, 2.45) is 11.7 Å². The molecule has 0 saturated carbocycles. The van der Waals surface area contributed by atoms with Crippen molar-refractivity contribution < 1.29 is 0 Å². The van der Waals surface area contributed by atoms with E-state index in [4.69, 9.17) is 18.0 Å². The average Bonchev–Trinajstić information content (AvgIpc) is 2.39. The molecule has 0 bridgehead atoms. The van der Waals surface area contributed by atoms with Crippen molar-refractivity contribution in [1.82, 2.24) is 4.90 Å². The van der Waals surface area contributed by atoms with Gasteiger partial charge in [0.05, 0.1) is 0 Å². The van der Waals surface area contributed by atoms with Crippen LogP contribution in [0.5, 0.6) is 0 Å². The average molecular weight is 262 g/mol. The fourth-order valence-corrected chi connectivity index (χ4v) is 2.97. The summed E-state index contributed by atoms with van der Waals surface area (Å²) in [6.45, 7) is 5.67. The van der Waals surface area contributed by atoms with E-state index in [1.54, 1.807) is 0 Å². The lowest BCUT2D eigenvalue weighted by atomic mass is 9.95. The summed E-state index contributed by atoms with van der Waals surface area (Å²) < 4.78 is 0. The molecule has 98 valence electrons. The summed E-state index contributed by atoms with van der Waals surface area (Å²) >= 11 is 5.12. The maximum Gasteiger partial charge on any atom is 0.104 e. The molecule has 2 N–H and O–H groups in total. The van der Waals surface area contributed by atoms with Crippen molar-refractivity contribution in [2.45, 2.75) is 32.7 Å². The molecule has 0 amide bonds. The van der Waals surface area contributed by atoms with Crippen molar-refractivity contribution in [3.63, 3.8) is 0 Å². The van der Waals surface area contributed by atoms with E-state index in [2.05, 4.69) is 24.0 Å². The van der Waals surface area contributed by atoms with Gasteiger partial charge in [0.15, 0.2) is 0 Å². The van der Waals surface area contributed by atoms with Gasteiger partial charge >= 0.3 is 0 Å². The molecule has 1 saturated heterocycles. The van der Waals surface area contributed by atoms with Gasteiger partial charge in [-0.1, -0.05) is 49.8 Å². The highest BCUT2D eigenvalue weighted by Crippen LogP contribution is 2.21. The van der Waals surface area contributed by atoms with Crippen LogP contribution in [0.3, 0.4) is 0 Å². The molecule has 0 aliphatic carbocycles. The van der Waals surface area contributed by atoms with E-state index >= 15 is 0 Å². The van der Waals surface area contributed by atoms with E-state index < -0.39 is 0 Å². The van der Waals surface area contributed by atoms with Crippen LogP contribution < -0.4 is 5.73 Å². The second kappa shape index (κ2) is 6.30. The summed E-state index contributed by atoms with van der Waals surface area (Å²) in [5.74, 6) is 0.857. The first-order valence-corrected chi connectivity index (χ1v) is 7.21. The third-order valence-corrected chi connectivity index (χ3v) is 4.08. The van der Waals surface area contributed by atoms with E-state index in [9.17, 15) is 0 Å². The molecule has 1 aromatic rings. The molecule has 0 spiro atoms. The number of nitrogens with two attached hydrogens (primary N) is 1. The Morgan fingerprint density at radius 1 is 1.44 bits per heavy atom. The molecule has 1 unspecified atom stereocenters. The molecule has 1 aliphatic rings. The van der Waals surface area contributed by atoms with Gasteiger partial charge in [-0.2, -0.15) is 0 Å². The number of piperidine rings is 1. The SMILES string of the molecule is CCC1CCCN(Cc2ccccc2C(N)=S)C1. The number of hydrogen-bond donors (Lipinski definition) is 1. The Kier molecular flexibility index (Phi) is 4.72. The van der Waals surface area contributed by atoms with Crippen LogP contribution in [-0.4, -0.2) is 23.0 Å². The van der Waals surface area contributed by atoms with Gasteiger partial charge in [0.25, 0.3) is 0 Å². The Bertz CT molecular complexity index is 417. The lowest BCUT2D eigenvalue weighted by molar-refractivity contribution is 0.164. The third-order valence-electron chi connectivity index (χ3n) is 3.86. The lowest BCUT2D eigenvalue weighted by Gasteiger charge is -2.32. The Hall–Kier alpha value is -0.930. The van der Waals surface area contributed by atoms with E-state index in [0.717, 1.165) is 18.0 Å². The highest BCUT2D eigenvalue weighted by atomic mass is 32.1. The minimum atomic E-state index is 0.509. The molecule has 1 fully saturated rings. The van der Waals surface area contributed by atoms with Crippen LogP contribution in [0.2, 0.25) is 0 Å². The number of thiocarbonyl (C=S) groups is 1. The first-order valence-electron chi connectivity index (χ1n) is 6.80. The van der Waals surface area contributed by atoms with Crippen LogP contribution in [-0.2, 0) is 6.54 Å². The van der Waals surface area contributed by atoms with Crippen LogP contribution in [0, 0.1) is 5.92 Å². The first kappa shape index (κ1) is 13.5. The summed E-state index contributed by atoms with van der Waals surface area (Å²) in [7, 11) is 0. The van der Waals surface area contributed by atoms with Gasteiger partial charge < -0.3 is 5.73 Å². The Morgan fingerprint density at radius 2 is 2.22 bits per heavy atom. The number of rotatable bonds is 4. The van der Waals surface area contributed by atoms with Crippen molar-refractivity contribution in [2.75, 3.05) is 13.1 Å². The van der Waals surface area contributed by atoms with Crippen LogP contribution >= 0.6 is 12.2 Å². The molecule has 2 nitrogen and oxygen atoms in total. The summed E-state index contributed by atoms with van der Waals surface area (Å²) in [6.07, 6.45) is 3.98. The van der Waals surface area contributed by atoms with E-state index in [1.807, 2.05) is 12.1 Å². The summed E-state index contributed by atoms with van der Waals surface area (Å²) in [4.78, 5) is 3.05. The van der Waals surface area contributed by atoms with Crippen LogP contribution in [0.4, 0.5) is 0 Å². The predicted molar refractivity (Wildman–Crippen MR) is 80.6 cm³/mol. The molecular formula is C15H22N2S. The van der Waals surface area contributed by atoms with Gasteiger partial charge in [-0.25, -0.2) is 0 Å². The van der Waals surface area contributed by atoms with Crippen molar-refractivity contribution in [1.29, 1.82) is 0 Å². The van der Waals surface area contributed by atoms with Gasteiger partial charge in [0, 0.05) is 18.7 Å². The van der Waals surface area contributed by atoms with E-state index in [0.29, 0.717) is 4.99 Å². The second-order valence-corrected chi connectivity index (χ2v) is 5.61. The molecule has 1 aromatic carbocycles. The highest BCUT2D eigenvalue weighted by molar-refractivity contribution is 7.80. The van der Waals surface area contributed by atoms with Gasteiger partial charge in [0.2, 0.25) is 0 Å². The smallest absolute Gasteiger partial charge is 0.104 e. The zero-order valence-corrected chi connectivity index (χ0v) is 11.9. The zero-order valence-electron chi connectivity index (χ0n) is 11.1. The topological polar surface area (TPSA) is 29.3 Å². The van der Waals surface area contributed by atoms with E-state index in [1.165, 1.54) is 37.9 Å². The summed E-state index contributed by atoms with van der Waals surface area (Å²) in [5.41, 5.74) is 8.09. The van der Waals surface area contributed by atoms with Gasteiger partial charge in [0.1, 0.15) is 4.99 Å². The Balaban J connectivity index is 2.07. The summed E-state index contributed by atoms with van der Waals surface area (Å²) in [5, 5.41) is 0. The lowest BCUT2D eigenvalue weighted by Crippen LogP contribution is -2.35. The largest absolute Gasteiger partial charge is 0.389 e. The predicted octanol–water partition coefficient (Wildman–Crippen LogP) is 2.94. The Labute approximate surface area is 115 Å². The zero-order chi connectivity index (χ0) is 13.0.